The maximum absolute atomic E-state index is 15.8. The van der Waals surface area contributed by atoms with Gasteiger partial charge in [-0.15, -0.1) is 0 Å². The normalized spacial score (nSPS) is 14.8. The zero-order valence-electron chi connectivity index (χ0n) is 41.3. The van der Waals surface area contributed by atoms with Crippen molar-refractivity contribution >= 4 is 46.8 Å². The summed E-state index contributed by atoms with van der Waals surface area (Å²) < 4.78 is 101. The summed E-state index contributed by atoms with van der Waals surface area (Å²) in [6.45, 7) is 8.57. The van der Waals surface area contributed by atoms with Crippen molar-refractivity contribution in [1.82, 2.24) is 24.8 Å². The van der Waals surface area contributed by atoms with Crippen molar-refractivity contribution in [2.24, 2.45) is 12.5 Å². The predicted molar refractivity (Wildman–Crippen MR) is 265 cm³/mol. The van der Waals surface area contributed by atoms with Crippen LogP contribution in [0.2, 0.25) is 0 Å². The molecule has 0 saturated carbocycles. The Labute approximate surface area is 424 Å². The van der Waals surface area contributed by atoms with Crippen molar-refractivity contribution < 1.29 is 55.3 Å². The van der Waals surface area contributed by atoms with E-state index >= 15 is 13.2 Å². The van der Waals surface area contributed by atoms with Gasteiger partial charge >= 0.3 is 6.18 Å². The van der Waals surface area contributed by atoms with E-state index in [-0.39, 0.29) is 48.4 Å². The second-order valence-electron chi connectivity index (χ2n) is 19.1. The first kappa shape index (κ1) is 55.4. The van der Waals surface area contributed by atoms with Crippen molar-refractivity contribution in [2.75, 3.05) is 43.2 Å². The number of thiocarbonyl (C=S) groups is 1. The zero-order valence-corrected chi connectivity index (χ0v) is 42.1. The number of amides is 2. The Kier molecular flexibility index (Phi) is 17.4. The number of nitrogens with zero attached hydrogens (tertiary/aromatic N) is 7. The van der Waals surface area contributed by atoms with Gasteiger partial charge in [0, 0.05) is 38.9 Å². The van der Waals surface area contributed by atoms with Crippen LogP contribution in [0.5, 0.6) is 5.75 Å². The van der Waals surface area contributed by atoms with Crippen LogP contribution in [0.25, 0.3) is 22.5 Å². The number of hydrogen-bond acceptors (Lipinski definition) is 10. The molecular weight excluding hydrogens is 979 g/mol. The van der Waals surface area contributed by atoms with E-state index in [0.29, 0.717) is 44.3 Å². The molecule has 2 aromatic heterocycles. The van der Waals surface area contributed by atoms with E-state index in [4.69, 9.17) is 21.7 Å². The van der Waals surface area contributed by atoms with E-state index < -0.39 is 80.6 Å². The first-order chi connectivity index (χ1) is 34.4. The van der Waals surface area contributed by atoms with Gasteiger partial charge in [-0.2, -0.15) is 18.4 Å². The second-order valence-corrected chi connectivity index (χ2v) is 19.5. The van der Waals surface area contributed by atoms with Gasteiger partial charge in [0.1, 0.15) is 42.1 Å². The maximum atomic E-state index is 15.8. The molecule has 0 aliphatic carbocycles. The van der Waals surface area contributed by atoms with Gasteiger partial charge in [-0.05, 0) is 93.1 Å². The van der Waals surface area contributed by atoms with Crippen LogP contribution >= 0.6 is 12.2 Å². The van der Waals surface area contributed by atoms with Crippen molar-refractivity contribution in [2.45, 2.75) is 90.2 Å². The summed E-state index contributed by atoms with van der Waals surface area (Å²) in [6.07, 6.45) is -0.981. The monoisotopic (exact) mass is 1030 g/mol. The van der Waals surface area contributed by atoms with Gasteiger partial charge in [0.2, 0.25) is 11.8 Å². The van der Waals surface area contributed by atoms with Gasteiger partial charge in [-0.1, -0.05) is 51.1 Å². The minimum atomic E-state index is -5.23. The highest BCUT2D eigenvalue weighted by molar-refractivity contribution is 7.80. The summed E-state index contributed by atoms with van der Waals surface area (Å²) in [5.74, 6) is -4.14. The number of anilines is 2. The number of alkyl halides is 3. The molecule has 1 aliphatic rings. The third kappa shape index (κ3) is 12.5. The average Bonchev–Trinajstić information content (AvgIpc) is 3.99. The zero-order chi connectivity index (χ0) is 53.6. The molecule has 14 nitrogen and oxygen atoms in total. The number of carbonyl (C=O) groups is 3. The van der Waals surface area contributed by atoms with Gasteiger partial charge < -0.3 is 44.0 Å². The summed E-state index contributed by atoms with van der Waals surface area (Å²) in [6, 6.07) is 15.8. The number of likely N-dealkylation sites (tertiary alicyclic amines) is 1. The Balaban J connectivity index is 1.00. The Morgan fingerprint density at radius 3 is 2.30 bits per heavy atom. The standard InChI is InChI=1S/C52H56F6N8O6S/c1-50(2,3)46(48(70)65-21-13-16-38(65)45(69)47-61-28-39(63(47)6)31-14-9-8-10-15-31)62-41(68)29-71-22-11-12-23-72-40-20-18-32(24-35(40)53)44-36(54)25-34(27-60-44)66(51(4,5)30-67)49(73)64(7)37-19-17-33(26-59)42(43(37)55)52(56,57)58/h8-10,14-15,17-20,24-25,27-28,30,38,45-46,69H,11-13,16,21-23,29H2,1-7H3,(H,62,68). The molecule has 3 heterocycles. The number of unbranched alkanes of at least 4 members (excludes halogenated alkanes) is 1. The van der Waals surface area contributed by atoms with Crippen LogP contribution in [0.4, 0.5) is 37.7 Å². The van der Waals surface area contributed by atoms with Gasteiger partial charge in [-0.25, -0.2) is 18.2 Å². The molecule has 2 N–H and O–H groups in total. The van der Waals surface area contributed by atoms with Crippen LogP contribution in [0.15, 0.2) is 79.1 Å². The highest BCUT2D eigenvalue weighted by atomic mass is 32.1. The summed E-state index contributed by atoms with van der Waals surface area (Å²) in [5, 5.41) is 23.1. The lowest BCUT2D eigenvalue weighted by Crippen LogP contribution is -2.57. The van der Waals surface area contributed by atoms with Gasteiger partial charge in [0.05, 0.1) is 59.3 Å². The van der Waals surface area contributed by atoms with Gasteiger partial charge in [-0.3, -0.25) is 14.6 Å². The Bertz CT molecular complexity index is 2870. The molecule has 3 atom stereocenters. The van der Waals surface area contributed by atoms with Gasteiger partial charge in [0.15, 0.2) is 28.3 Å². The molecule has 0 radical (unpaired) electrons. The minimum Gasteiger partial charge on any atom is -0.491 e. The number of benzene rings is 3. The maximum Gasteiger partial charge on any atom is 0.420 e. The number of aldehydes is 1. The molecule has 0 spiro atoms. The number of aliphatic hydroxyl groups excluding tert-OH is 1. The van der Waals surface area contributed by atoms with Crippen LogP contribution < -0.4 is 19.9 Å². The molecule has 5 aromatic rings. The molecule has 1 aliphatic heterocycles. The van der Waals surface area contributed by atoms with E-state index in [1.807, 2.05) is 62.7 Å². The lowest BCUT2D eigenvalue weighted by Gasteiger charge is -2.39. The van der Waals surface area contributed by atoms with Crippen LogP contribution in [-0.2, 0) is 32.3 Å². The van der Waals surface area contributed by atoms with Crippen LogP contribution in [0.3, 0.4) is 0 Å². The Morgan fingerprint density at radius 2 is 1.67 bits per heavy atom. The van der Waals surface area contributed by atoms with Gasteiger partial charge in [0.25, 0.3) is 0 Å². The van der Waals surface area contributed by atoms with E-state index in [9.17, 15) is 37.9 Å². The van der Waals surface area contributed by atoms with E-state index in [1.165, 1.54) is 32.0 Å². The Hall–Kier alpha value is -6.89. The third-order valence-electron chi connectivity index (χ3n) is 12.4. The molecule has 3 aromatic carbocycles. The van der Waals surface area contributed by atoms with E-state index in [0.717, 1.165) is 58.6 Å². The fraction of sp³-hybridized carbons (Fsp3) is 0.404. The summed E-state index contributed by atoms with van der Waals surface area (Å²) in [5.41, 5.74) is -4.37. The number of nitriles is 1. The number of hydrogen-bond donors (Lipinski definition) is 2. The molecule has 2 amide bonds. The van der Waals surface area contributed by atoms with Crippen molar-refractivity contribution in [3.05, 3.63) is 114 Å². The number of rotatable bonds is 18. The number of imidazole rings is 1. The third-order valence-corrected chi connectivity index (χ3v) is 12.9. The highest BCUT2D eigenvalue weighted by Crippen LogP contribution is 2.39. The largest absolute Gasteiger partial charge is 0.491 e. The number of ether oxygens (including phenoxy) is 2. The summed E-state index contributed by atoms with van der Waals surface area (Å²) in [4.78, 5) is 51.7. The lowest BCUT2D eigenvalue weighted by atomic mass is 9.85. The van der Waals surface area contributed by atoms with Crippen molar-refractivity contribution in [3.63, 3.8) is 0 Å². The van der Waals surface area contributed by atoms with Crippen molar-refractivity contribution in [1.29, 1.82) is 5.26 Å². The molecule has 6 rings (SSSR count). The molecule has 3 unspecified atom stereocenters. The summed E-state index contributed by atoms with van der Waals surface area (Å²) >= 11 is 5.51. The molecule has 0 bridgehead atoms. The molecular formula is C52H56F6N8O6S. The fourth-order valence-corrected chi connectivity index (χ4v) is 8.97. The topological polar surface area (TPSA) is 166 Å². The molecule has 73 heavy (non-hydrogen) atoms. The molecule has 388 valence electrons. The number of halogens is 6. The Morgan fingerprint density at radius 1 is 0.973 bits per heavy atom. The van der Waals surface area contributed by atoms with E-state index in [2.05, 4.69) is 15.3 Å². The number of aromatic nitrogens is 3. The fourth-order valence-electron chi connectivity index (χ4n) is 8.53. The second kappa shape index (κ2) is 22.9. The van der Waals surface area contributed by atoms with Crippen LogP contribution in [0.1, 0.15) is 83.4 Å². The predicted octanol–water partition coefficient (Wildman–Crippen LogP) is 9.09. The molecule has 1 saturated heterocycles. The quantitative estimate of drug-likeness (QED) is 0.0371. The number of aliphatic hydroxyl groups is 1. The van der Waals surface area contributed by atoms with Crippen LogP contribution in [0, 0.1) is 34.2 Å². The SMILES string of the molecule is CN(C(=S)N(c1cnc(-c2ccc(OCCCCOCC(=O)NC(C(=O)N3CCCC3C(O)c3ncc(-c4ccccc4)n3C)C(C)(C)C)c(F)c2)c(F)c1)C(C)(C)C=O)c1ccc(C#N)c(C(F)(F)F)c1F. The van der Waals surface area contributed by atoms with Crippen molar-refractivity contribution in [3.8, 4) is 34.3 Å². The smallest absolute Gasteiger partial charge is 0.420 e. The lowest BCUT2D eigenvalue weighted by molar-refractivity contribution is -0.143. The molecule has 1 fully saturated rings. The number of pyridine rings is 1. The van der Waals surface area contributed by atoms with E-state index in [1.54, 1.807) is 11.1 Å². The molecule has 21 heteroatoms. The van der Waals surface area contributed by atoms with Crippen LogP contribution in [-0.4, -0.2) is 98.8 Å². The highest BCUT2D eigenvalue weighted by Gasteiger charge is 2.44. The minimum absolute atomic E-state index is 0.0103. The average molecular weight is 1040 g/mol. The number of carbonyl (C=O) groups excluding carboxylic acids is 3. The summed E-state index contributed by atoms with van der Waals surface area (Å²) in [7, 11) is 2.96. The first-order valence-corrected chi connectivity index (χ1v) is 23.7. The number of nitrogens with one attached hydrogen (secondary N) is 1. The first-order valence-electron chi connectivity index (χ1n) is 23.3.